The molecule has 0 spiro atoms. The van der Waals surface area contributed by atoms with E-state index in [4.69, 9.17) is 11.6 Å². The van der Waals surface area contributed by atoms with E-state index in [1.54, 1.807) is 47.4 Å². The highest BCUT2D eigenvalue weighted by atomic mass is 35.5. The SMILES string of the molecule is CSc1nc(Cl)ccc1C(=O)N1CCN(S(=O)(=O)c2ccccc2)CC1. The second-order valence-electron chi connectivity index (χ2n) is 5.70. The summed E-state index contributed by atoms with van der Waals surface area (Å²) in [6.07, 6.45) is 1.83. The molecule has 1 fully saturated rings. The maximum Gasteiger partial charge on any atom is 0.256 e. The Bertz CT molecular complexity index is 899. The minimum Gasteiger partial charge on any atom is -0.336 e. The quantitative estimate of drug-likeness (QED) is 0.571. The lowest BCUT2D eigenvalue weighted by molar-refractivity contribution is 0.0693. The highest BCUT2D eigenvalue weighted by Gasteiger charge is 2.31. The number of rotatable bonds is 4. The molecule has 0 radical (unpaired) electrons. The lowest BCUT2D eigenvalue weighted by atomic mass is 10.2. The fourth-order valence-electron chi connectivity index (χ4n) is 2.78. The smallest absolute Gasteiger partial charge is 0.256 e. The Balaban J connectivity index is 1.72. The molecule has 1 amide bonds. The van der Waals surface area contributed by atoms with Gasteiger partial charge in [-0.05, 0) is 30.5 Å². The molecule has 9 heteroatoms. The standard InChI is InChI=1S/C17H18ClN3O3S2/c1-25-16-14(7-8-15(18)19-16)17(22)20-9-11-21(12-10-20)26(23,24)13-5-3-2-4-6-13/h2-8H,9-12H2,1H3. The molecule has 0 atom stereocenters. The van der Waals surface area contributed by atoms with E-state index in [-0.39, 0.29) is 23.9 Å². The number of halogens is 1. The van der Waals surface area contributed by atoms with E-state index in [0.717, 1.165) is 0 Å². The van der Waals surface area contributed by atoms with Crippen molar-refractivity contribution in [3.8, 4) is 0 Å². The molecule has 2 aromatic rings. The van der Waals surface area contributed by atoms with Crippen molar-refractivity contribution in [2.24, 2.45) is 0 Å². The third kappa shape index (κ3) is 3.88. The number of carbonyl (C=O) groups is 1. The highest BCUT2D eigenvalue weighted by molar-refractivity contribution is 7.98. The van der Waals surface area contributed by atoms with Gasteiger partial charge in [-0.1, -0.05) is 29.8 Å². The average Bonchev–Trinajstić information content (AvgIpc) is 2.68. The van der Waals surface area contributed by atoms with Crippen LogP contribution in [0.25, 0.3) is 0 Å². The molecular weight excluding hydrogens is 394 g/mol. The summed E-state index contributed by atoms with van der Waals surface area (Å²) in [6, 6.07) is 11.6. The number of nitrogens with zero attached hydrogens (tertiary/aromatic N) is 3. The number of amides is 1. The van der Waals surface area contributed by atoms with Crippen LogP contribution in [0.3, 0.4) is 0 Å². The number of benzene rings is 1. The molecule has 3 rings (SSSR count). The summed E-state index contributed by atoms with van der Waals surface area (Å²) in [6.45, 7) is 1.19. The van der Waals surface area contributed by atoms with Gasteiger partial charge in [-0.2, -0.15) is 4.31 Å². The Hall–Kier alpha value is -1.61. The van der Waals surface area contributed by atoms with Gasteiger partial charge in [0.1, 0.15) is 10.2 Å². The van der Waals surface area contributed by atoms with Crippen LogP contribution in [0, 0.1) is 0 Å². The first-order chi connectivity index (χ1) is 12.4. The van der Waals surface area contributed by atoms with Crippen molar-refractivity contribution in [2.75, 3.05) is 32.4 Å². The van der Waals surface area contributed by atoms with Gasteiger partial charge in [0.2, 0.25) is 10.0 Å². The Morgan fingerprint density at radius 1 is 1.08 bits per heavy atom. The molecule has 6 nitrogen and oxygen atoms in total. The normalized spacial score (nSPS) is 15.8. The molecule has 26 heavy (non-hydrogen) atoms. The maximum absolute atomic E-state index is 12.8. The van der Waals surface area contributed by atoms with Crippen LogP contribution in [0.1, 0.15) is 10.4 Å². The average molecular weight is 412 g/mol. The van der Waals surface area contributed by atoms with Gasteiger partial charge in [0.25, 0.3) is 5.91 Å². The van der Waals surface area contributed by atoms with Gasteiger partial charge in [-0.15, -0.1) is 11.8 Å². The van der Waals surface area contributed by atoms with Crippen LogP contribution >= 0.6 is 23.4 Å². The van der Waals surface area contributed by atoms with E-state index in [2.05, 4.69) is 4.98 Å². The van der Waals surface area contributed by atoms with E-state index in [1.165, 1.54) is 16.1 Å². The van der Waals surface area contributed by atoms with Gasteiger partial charge in [-0.3, -0.25) is 4.79 Å². The minimum absolute atomic E-state index is 0.157. The van der Waals surface area contributed by atoms with Crippen molar-refractivity contribution < 1.29 is 13.2 Å². The predicted octanol–water partition coefficient (Wildman–Crippen LogP) is 2.60. The van der Waals surface area contributed by atoms with Crippen LogP contribution in [-0.4, -0.2) is 60.9 Å². The summed E-state index contributed by atoms with van der Waals surface area (Å²) in [7, 11) is -3.53. The van der Waals surface area contributed by atoms with Crippen molar-refractivity contribution in [2.45, 2.75) is 9.92 Å². The Morgan fingerprint density at radius 2 is 1.73 bits per heavy atom. The van der Waals surface area contributed by atoms with Crippen molar-refractivity contribution in [1.82, 2.24) is 14.2 Å². The third-order valence-corrected chi connectivity index (χ3v) is 6.98. The Labute approximate surface area is 162 Å². The molecule has 1 aliphatic heterocycles. The second kappa shape index (κ2) is 7.96. The van der Waals surface area contributed by atoms with Crippen LogP contribution in [0.15, 0.2) is 52.4 Å². The van der Waals surface area contributed by atoms with E-state index in [0.29, 0.717) is 28.8 Å². The first-order valence-electron chi connectivity index (χ1n) is 7.98. The molecule has 0 N–H and O–H groups in total. The topological polar surface area (TPSA) is 70.6 Å². The summed E-state index contributed by atoms with van der Waals surface area (Å²) < 4.78 is 26.8. The number of pyridine rings is 1. The molecule has 0 aliphatic carbocycles. The molecule has 2 heterocycles. The van der Waals surface area contributed by atoms with Crippen LogP contribution in [0.2, 0.25) is 5.15 Å². The summed E-state index contributed by atoms with van der Waals surface area (Å²) in [5.41, 5.74) is 0.487. The number of thioether (sulfide) groups is 1. The summed E-state index contributed by atoms with van der Waals surface area (Å²) >= 11 is 7.25. The number of aromatic nitrogens is 1. The van der Waals surface area contributed by atoms with E-state index >= 15 is 0 Å². The van der Waals surface area contributed by atoms with Crippen molar-refractivity contribution in [3.63, 3.8) is 0 Å². The molecule has 0 bridgehead atoms. The Morgan fingerprint density at radius 3 is 2.35 bits per heavy atom. The second-order valence-corrected chi connectivity index (χ2v) is 8.82. The number of hydrogen-bond acceptors (Lipinski definition) is 5. The lowest BCUT2D eigenvalue weighted by Gasteiger charge is -2.34. The first kappa shape index (κ1) is 19.2. The van der Waals surface area contributed by atoms with Gasteiger partial charge in [0, 0.05) is 26.2 Å². The van der Waals surface area contributed by atoms with Gasteiger partial charge in [0.05, 0.1) is 10.5 Å². The molecule has 1 saturated heterocycles. The van der Waals surface area contributed by atoms with Gasteiger partial charge in [0.15, 0.2) is 0 Å². The monoisotopic (exact) mass is 411 g/mol. The molecule has 0 unspecified atom stereocenters. The van der Waals surface area contributed by atoms with Gasteiger partial charge in [-0.25, -0.2) is 13.4 Å². The molecular formula is C17H18ClN3O3S2. The predicted molar refractivity (Wildman–Crippen MR) is 102 cm³/mol. The third-order valence-electron chi connectivity index (χ3n) is 4.16. The van der Waals surface area contributed by atoms with Crippen LogP contribution in [0.5, 0.6) is 0 Å². The maximum atomic E-state index is 12.8. The zero-order valence-corrected chi connectivity index (χ0v) is 16.5. The molecule has 1 aromatic heterocycles. The number of carbonyl (C=O) groups excluding carboxylic acids is 1. The molecule has 1 aliphatic rings. The zero-order chi connectivity index (χ0) is 18.7. The molecule has 0 saturated carbocycles. The molecule has 138 valence electrons. The van der Waals surface area contributed by atoms with Crippen molar-refractivity contribution >= 4 is 39.3 Å². The largest absolute Gasteiger partial charge is 0.336 e. The fraction of sp³-hybridized carbons (Fsp3) is 0.294. The zero-order valence-electron chi connectivity index (χ0n) is 14.1. The van der Waals surface area contributed by atoms with Crippen molar-refractivity contribution in [3.05, 3.63) is 53.2 Å². The molecule has 1 aromatic carbocycles. The minimum atomic E-state index is -3.53. The van der Waals surface area contributed by atoms with Crippen molar-refractivity contribution in [1.29, 1.82) is 0 Å². The van der Waals surface area contributed by atoms with E-state index in [9.17, 15) is 13.2 Å². The Kier molecular flexibility index (Phi) is 5.86. The van der Waals surface area contributed by atoms with E-state index < -0.39 is 10.0 Å². The summed E-state index contributed by atoms with van der Waals surface area (Å²) in [4.78, 5) is 18.9. The van der Waals surface area contributed by atoms with Crippen LogP contribution in [-0.2, 0) is 10.0 Å². The van der Waals surface area contributed by atoms with Gasteiger partial charge >= 0.3 is 0 Å². The summed E-state index contributed by atoms with van der Waals surface area (Å²) in [5.74, 6) is -0.157. The highest BCUT2D eigenvalue weighted by Crippen LogP contribution is 2.23. The number of piperazine rings is 1. The fourth-order valence-corrected chi connectivity index (χ4v) is 4.99. The van der Waals surface area contributed by atoms with E-state index in [1.807, 2.05) is 6.26 Å². The number of hydrogen-bond donors (Lipinski definition) is 0. The van der Waals surface area contributed by atoms with Crippen LogP contribution < -0.4 is 0 Å². The lowest BCUT2D eigenvalue weighted by Crippen LogP contribution is -2.50. The van der Waals surface area contributed by atoms with Gasteiger partial charge < -0.3 is 4.90 Å². The first-order valence-corrected chi connectivity index (χ1v) is 11.0. The van der Waals surface area contributed by atoms with Crippen LogP contribution in [0.4, 0.5) is 0 Å². The summed E-state index contributed by atoms with van der Waals surface area (Å²) in [5, 5.41) is 0.909. The number of sulfonamides is 1.